The number of nitrogens with one attached hydrogen (secondary N) is 2. The van der Waals surface area contributed by atoms with Crippen LogP contribution in [0.3, 0.4) is 0 Å². The first-order chi connectivity index (χ1) is 41.5. The number of rotatable bonds is 21. The van der Waals surface area contributed by atoms with Crippen LogP contribution in [0.15, 0.2) is 154 Å². The molecule has 3 atom stereocenters. The van der Waals surface area contributed by atoms with Crippen LogP contribution in [0.5, 0.6) is 0 Å². The Hall–Kier alpha value is -6.01. The lowest BCUT2D eigenvalue weighted by Gasteiger charge is -2.50. The number of carboxylic acid groups (broad SMARTS) is 2. The minimum atomic E-state index is -1.07. The van der Waals surface area contributed by atoms with Gasteiger partial charge in [0, 0.05) is 54.9 Å². The minimum absolute atomic E-state index is 0.258. The van der Waals surface area contributed by atoms with Crippen molar-refractivity contribution in [3.05, 3.63) is 230 Å². The molecule has 10 nitrogen and oxygen atoms in total. The molecular weight excluding hydrogens is 1150 g/mol. The van der Waals surface area contributed by atoms with Crippen LogP contribution in [-0.4, -0.2) is 70.1 Å². The number of esters is 1. The third-order valence-electron chi connectivity index (χ3n) is 18.8. The Bertz CT molecular complexity index is 3570. The molecule has 0 spiro atoms. The fourth-order valence-corrected chi connectivity index (χ4v) is 18.6. The number of hydrogen-bond donors (Lipinski definition) is 4. The summed E-state index contributed by atoms with van der Waals surface area (Å²) in [6.07, 6.45) is 13.0. The van der Waals surface area contributed by atoms with E-state index in [1.165, 1.54) is 17.6 Å². The number of carboxylic acids is 2. The second kappa shape index (κ2) is 26.1. The summed E-state index contributed by atoms with van der Waals surface area (Å²) < 4.78 is 5.99. The van der Waals surface area contributed by atoms with Gasteiger partial charge in [0.2, 0.25) is 0 Å². The van der Waals surface area contributed by atoms with E-state index in [1.54, 1.807) is 81.4 Å². The number of aliphatic imine (C=N–C) groups is 1. The van der Waals surface area contributed by atoms with Crippen molar-refractivity contribution < 1.29 is 29.3 Å². The number of aromatic carboxylic acids is 2. The van der Waals surface area contributed by atoms with Gasteiger partial charge >= 0.3 is 17.9 Å². The molecule has 1 aliphatic heterocycles. The monoisotopic (exact) mass is 1230 g/mol. The Morgan fingerprint density at radius 3 is 1.74 bits per heavy atom. The molecule has 439 valence electrons. The van der Waals surface area contributed by atoms with Gasteiger partial charge in [-0.15, -0.1) is 57.1 Å². The van der Waals surface area contributed by atoms with E-state index >= 15 is 4.79 Å². The lowest BCUT2D eigenvalue weighted by molar-refractivity contribution is -0.150. The highest BCUT2D eigenvalue weighted by Gasteiger charge is 2.50. The molecule has 3 fully saturated rings. The molecule has 5 heterocycles. The second-order valence-corrected chi connectivity index (χ2v) is 28.5. The van der Waals surface area contributed by atoms with Crippen LogP contribution < -0.4 is 10.6 Å². The molecular formula is C70H73N4O6S5. The lowest BCUT2D eigenvalue weighted by atomic mass is 9.71. The number of carbonyl (C=O) groups excluding carboxylic acids is 1. The van der Waals surface area contributed by atoms with Crippen LogP contribution >= 0.6 is 57.1 Å². The Balaban J connectivity index is 1.19. The molecule has 1 radical (unpaired) electrons. The largest absolute Gasteiger partial charge is 0.478 e. The first kappa shape index (κ1) is 59.3. The number of benzene rings is 4. The molecule has 3 aliphatic carbocycles. The highest BCUT2D eigenvalue weighted by Crippen LogP contribution is 2.55. The first-order valence-electron chi connectivity index (χ1n) is 30.0. The SMILES string of the molecule is COC(=O)[C@]1(NC(c2cccs2)c2c(C3=NCCS3)[c]c(Cc3cccs3)c(C(NC3(c4ccc(C(=O)O)cc4)CCCCC3)c3cccs3)c2C(c2cccs2)N(C)C2(c3ccc(C(=O)O)cc3)CCCCC2)CC[C@H](c2ccccc2)CC1. The van der Waals surface area contributed by atoms with E-state index < -0.39 is 46.7 Å². The summed E-state index contributed by atoms with van der Waals surface area (Å²) in [7, 11) is 3.85. The quantitative estimate of drug-likeness (QED) is 0.0514. The third kappa shape index (κ3) is 12.1. The number of ether oxygens (including phenoxy) is 1. The van der Waals surface area contributed by atoms with Crippen LogP contribution in [0.25, 0.3) is 0 Å². The van der Waals surface area contributed by atoms with Gasteiger partial charge < -0.3 is 14.9 Å². The van der Waals surface area contributed by atoms with Gasteiger partial charge in [0.1, 0.15) is 5.54 Å². The van der Waals surface area contributed by atoms with Crippen LogP contribution in [-0.2, 0) is 27.0 Å². The van der Waals surface area contributed by atoms with Gasteiger partial charge in [-0.1, -0.05) is 117 Å². The zero-order valence-electron chi connectivity index (χ0n) is 48.2. The van der Waals surface area contributed by atoms with Crippen molar-refractivity contribution in [3.8, 4) is 0 Å². The molecule has 4 aromatic heterocycles. The molecule has 0 saturated heterocycles. The van der Waals surface area contributed by atoms with Crippen LogP contribution in [0, 0.1) is 6.07 Å². The number of carbonyl (C=O) groups is 3. The Labute approximate surface area is 519 Å². The average Bonchev–Trinajstić information content (AvgIpc) is 1.96. The molecule has 12 rings (SSSR count). The van der Waals surface area contributed by atoms with Gasteiger partial charge in [-0.3, -0.25) is 25.3 Å². The zero-order chi connectivity index (χ0) is 58.5. The summed E-state index contributed by atoms with van der Waals surface area (Å²) in [5.74, 6) is -1.05. The molecule has 4 aromatic carbocycles. The summed E-state index contributed by atoms with van der Waals surface area (Å²) >= 11 is 8.73. The number of methoxy groups -OCH3 is 1. The molecule has 4 N–H and O–H groups in total. The summed E-state index contributed by atoms with van der Waals surface area (Å²) in [4.78, 5) is 52.9. The predicted octanol–water partition coefficient (Wildman–Crippen LogP) is 16.6. The van der Waals surface area contributed by atoms with Gasteiger partial charge in [0.15, 0.2) is 0 Å². The topological polar surface area (TPSA) is 141 Å². The maximum Gasteiger partial charge on any atom is 0.335 e. The van der Waals surface area contributed by atoms with Crippen molar-refractivity contribution in [2.45, 2.75) is 137 Å². The van der Waals surface area contributed by atoms with E-state index in [0.29, 0.717) is 25.8 Å². The maximum absolute atomic E-state index is 15.2. The van der Waals surface area contributed by atoms with Crippen molar-refractivity contribution >= 4 is 80.1 Å². The first-order valence-corrected chi connectivity index (χ1v) is 34.5. The number of thiophene rings is 4. The second-order valence-electron chi connectivity index (χ2n) is 23.5. The highest BCUT2D eigenvalue weighted by molar-refractivity contribution is 8.14. The van der Waals surface area contributed by atoms with Gasteiger partial charge in [-0.05, 0) is 179 Å². The van der Waals surface area contributed by atoms with E-state index in [4.69, 9.17) is 9.73 Å². The van der Waals surface area contributed by atoms with E-state index in [1.807, 2.05) is 12.1 Å². The van der Waals surface area contributed by atoms with Crippen molar-refractivity contribution in [2.75, 3.05) is 26.5 Å². The van der Waals surface area contributed by atoms with Gasteiger partial charge in [0.05, 0.1) is 41.4 Å². The van der Waals surface area contributed by atoms with Crippen molar-refractivity contribution in [1.29, 1.82) is 0 Å². The van der Waals surface area contributed by atoms with Crippen molar-refractivity contribution in [3.63, 3.8) is 0 Å². The molecule has 3 unspecified atom stereocenters. The van der Waals surface area contributed by atoms with Crippen molar-refractivity contribution in [1.82, 2.24) is 15.5 Å². The van der Waals surface area contributed by atoms with E-state index in [-0.39, 0.29) is 23.0 Å². The third-order valence-corrected chi connectivity index (χ3v) is 23.5. The zero-order valence-corrected chi connectivity index (χ0v) is 52.3. The highest BCUT2D eigenvalue weighted by atomic mass is 32.2. The molecule has 85 heavy (non-hydrogen) atoms. The predicted molar refractivity (Wildman–Crippen MR) is 348 cm³/mol. The summed E-state index contributed by atoms with van der Waals surface area (Å²) in [5.41, 5.74) is 7.12. The standard InChI is InChI=1S/C70H73N4O6S5/c1-74(70(34-10-5-11-35-70)52-28-24-49(25-29-52)66(77)78)63(57-21-15-42-84-57)60-58(61(55-19-13-40-82-55)72-68(32-8-4-9-33-68)51-26-22-48(23-27-51)65(75)76)50(44-53-18-12-39-81-53)45-54(64-71-38-43-85-64)59(60)62(56-20-14-41-83-56)73-69(67(79)80-2)36-30-47(31-37-69)46-16-6-3-7-17-46/h3,6-7,12-29,39-42,47,61-63,72-73H,4-5,8-11,30-38,43-44H2,1-2H3,(H,75,76)(H,77,78)/t47-,61?,62?,63?,69-. The van der Waals surface area contributed by atoms with Crippen LogP contribution in [0.2, 0.25) is 0 Å². The Morgan fingerprint density at radius 2 is 1.20 bits per heavy atom. The minimum Gasteiger partial charge on any atom is -0.478 e. The van der Waals surface area contributed by atoms with Crippen molar-refractivity contribution in [2.24, 2.45) is 4.99 Å². The molecule has 4 aliphatic rings. The van der Waals surface area contributed by atoms with Gasteiger partial charge in [-0.25, -0.2) is 9.59 Å². The fourth-order valence-electron chi connectivity index (χ4n) is 14.6. The van der Waals surface area contributed by atoms with Gasteiger partial charge in [0.25, 0.3) is 0 Å². The lowest BCUT2D eigenvalue weighted by Crippen LogP contribution is -2.56. The average molecular weight is 1230 g/mol. The number of hydrogen-bond acceptors (Lipinski definition) is 13. The summed E-state index contributed by atoms with van der Waals surface area (Å²) in [6.45, 7) is 0.668. The Kier molecular flexibility index (Phi) is 18.2. The fraction of sp³-hybridized carbons (Fsp3) is 0.371. The van der Waals surface area contributed by atoms with Gasteiger partial charge in [-0.2, -0.15) is 0 Å². The summed E-state index contributed by atoms with van der Waals surface area (Å²) in [6, 6.07) is 46.6. The molecule has 0 amide bonds. The van der Waals surface area contributed by atoms with Crippen LogP contribution in [0.4, 0.5) is 0 Å². The Morgan fingerprint density at radius 1 is 0.635 bits per heavy atom. The maximum atomic E-state index is 15.2. The smallest absolute Gasteiger partial charge is 0.335 e. The van der Waals surface area contributed by atoms with Crippen LogP contribution in [0.1, 0.15) is 199 Å². The molecule has 15 heteroatoms. The molecule has 0 bridgehead atoms. The van der Waals surface area contributed by atoms with E-state index in [2.05, 4.69) is 141 Å². The van der Waals surface area contributed by atoms with E-state index in [9.17, 15) is 19.8 Å². The molecule has 3 saturated carbocycles. The van der Waals surface area contributed by atoms with E-state index in [0.717, 1.165) is 141 Å². The number of nitrogens with zero attached hydrogens (tertiary/aromatic N) is 2. The molecule has 8 aromatic rings. The summed E-state index contributed by atoms with van der Waals surface area (Å²) in [5, 5.41) is 39.0. The normalized spacial score (nSPS) is 20.6. The number of thioether (sulfide) groups is 1.